The number of para-hydroxylation sites is 1. The number of anilines is 1. The Kier molecular flexibility index (Phi) is 6.38. The molecule has 2 aromatic heterocycles. The summed E-state index contributed by atoms with van der Waals surface area (Å²) in [5, 5.41) is 5.57. The third-order valence-corrected chi connectivity index (χ3v) is 6.49. The molecule has 0 saturated carbocycles. The summed E-state index contributed by atoms with van der Waals surface area (Å²) in [4.78, 5) is 26.8. The molecule has 0 aliphatic carbocycles. The number of hydrogen-bond donors (Lipinski definition) is 0. The molecular weight excluding hydrogens is 424 g/mol. The van der Waals surface area contributed by atoms with Gasteiger partial charge in [-0.1, -0.05) is 32.0 Å². The van der Waals surface area contributed by atoms with Gasteiger partial charge >= 0.3 is 0 Å². The van der Waals surface area contributed by atoms with E-state index < -0.39 is 5.41 Å². The highest BCUT2D eigenvalue weighted by Gasteiger charge is 2.33. The maximum absolute atomic E-state index is 12.8. The molecule has 4 rings (SSSR count). The molecule has 170 valence electrons. The molecular formula is C24H31ClN6O. The lowest BCUT2D eigenvalue weighted by atomic mass is 9.94. The molecule has 0 unspecified atom stereocenters. The molecule has 7 nitrogen and oxygen atoms in total. The summed E-state index contributed by atoms with van der Waals surface area (Å²) >= 11 is 6.02. The van der Waals surface area contributed by atoms with Crippen molar-refractivity contribution in [1.82, 2.24) is 24.6 Å². The van der Waals surface area contributed by atoms with E-state index in [2.05, 4.69) is 23.8 Å². The molecule has 1 aliphatic rings. The number of benzene rings is 1. The van der Waals surface area contributed by atoms with Crippen LogP contribution in [0.25, 0.3) is 16.7 Å². The van der Waals surface area contributed by atoms with E-state index in [4.69, 9.17) is 21.6 Å². The van der Waals surface area contributed by atoms with Crippen molar-refractivity contribution in [3.63, 3.8) is 0 Å². The molecule has 1 saturated heterocycles. The summed E-state index contributed by atoms with van der Waals surface area (Å²) in [6.45, 7) is 10.9. The van der Waals surface area contributed by atoms with Gasteiger partial charge in [0.2, 0.25) is 5.91 Å². The minimum absolute atomic E-state index is 0.109. The highest BCUT2D eigenvalue weighted by Crippen LogP contribution is 2.28. The number of fused-ring (bicyclic) bond motifs is 1. The highest BCUT2D eigenvalue weighted by atomic mass is 35.5. The van der Waals surface area contributed by atoms with E-state index in [-0.39, 0.29) is 5.91 Å². The molecule has 0 radical (unpaired) electrons. The van der Waals surface area contributed by atoms with Crippen LogP contribution in [0, 0.1) is 11.3 Å². The van der Waals surface area contributed by atoms with Crippen LogP contribution in [0.4, 0.5) is 5.82 Å². The molecule has 1 aliphatic heterocycles. The van der Waals surface area contributed by atoms with E-state index in [0.29, 0.717) is 38.0 Å². The standard InChI is InChI=1S/C24H31ClN6O/c1-17(2)14-20-27-21(29-10-12-30(13-11-29)23(32)24(3,4)16-25)19-15-26-31(22(19)28-20)18-8-6-5-7-9-18/h5-9,15,17H,10-14,16H2,1-4H3. The number of piperazine rings is 1. The van der Waals surface area contributed by atoms with E-state index in [1.807, 2.05) is 60.0 Å². The second-order valence-corrected chi connectivity index (χ2v) is 9.75. The van der Waals surface area contributed by atoms with E-state index >= 15 is 0 Å². The quantitative estimate of drug-likeness (QED) is 0.528. The van der Waals surface area contributed by atoms with Crippen LogP contribution in [-0.2, 0) is 11.2 Å². The van der Waals surface area contributed by atoms with Crippen molar-refractivity contribution in [2.75, 3.05) is 37.0 Å². The Bertz CT molecular complexity index is 1090. The van der Waals surface area contributed by atoms with Gasteiger partial charge in [0, 0.05) is 38.5 Å². The third-order valence-electron chi connectivity index (χ3n) is 5.83. The molecule has 0 atom stereocenters. The van der Waals surface area contributed by atoms with Gasteiger partial charge in [-0.05, 0) is 31.9 Å². The van der Waals surface area contributed by atoms with Crippen LogP contribution in [0.15, 0.2) is 36.5 Å². The molecule has 8 heteroatoms. The van der Waals surface area contributed by atoms with Gasteiger partial charge in [-0.2, -0.15) is 5.10 Å². The predicted molar refractivity (Wildman–Crippen MR) is 128 cm³/mol. The zero-order chi connectivity index (χ0) is 22.9. The van der Waals surface area contributed by atoms with E-state index in [1.54, 1.807) is 0 Å². The summed E-state index contributed by atoms with van der Waals surface area (Å²) < 4.78 is 1.88. The number of aromatic nitrogens is 4. The molecule has 1 aromatic carbocycles. The highest BCUT2D eigenvalue weighted by molar-refractivity contribution is 6.19. The smallest absolute Gasteiger partial charge is 0.229 e. The minimum atomic E-state index is -0.548. The number of alkyl halides is 1. The lowest BCUT2D eigenvalue weighted by molar-refractivity contribution is -0.139. The monoisotopic (exact) mass is 454 g/mol. The van der Waals surface area contributed by atoms with Gasteiger partial charge in [0.1, 0.15) is 11.6 Å². The first-order valence-electron chi connectivity index (χ1n) is 11.2. The number of amides is 1. The molecule has 3 heterocycles. The average molecular weight is 455 g/mol. The summed E-state index contributed by atoms with van der Waals surface area (Å²) in [5.41, 5.74) is 1.24. The fourth-order valence-electron chi connectivity index (χ4n) is 4.00. The van der Waals surface area contributed by atoms with Crippen molar-refractivity contribution in [1.29, 1.82) is 0 Å². The zero-order valence-corrected chi connectivity index (χ0v) is 20.0. The van der Waals surface area contributed by atoms with Crippen LogP contribution in [0.5, 0.6) is 0 Å². The fraction of sp³-hybridized carbons (Fsp3) is 0.500. The van der Waals surface area contributed by atoms with E-state index in [9.17, 15) is 4.79 Å². The van der Waals surface area contributed by atoms with Crippen LogP contribution in [-0.4, -0.2) is 62.6 Å². The van der Waals surface area contributed by atoms with Crippen molar-refractivity contribution in [3.05, 3.63) is 42.4 Å². The SMILES string of the molecule is CC(C)Cc1nc(N2CCN(C(=O)C(C)(C)CCl)CC2)c2cnn(-c3ccccc3)c2n1. The maximum atomic E-state index is 12.8. The van der Waals surface area contributed by atoms with E-state index in [1.165, 1.54) is 0 Å². The molecule has 0 N–H and O–H groups in total. The Morgan fingerprint density at radius 1 is 1.09 bits per heavy atom. The summed E-state index contributed by atoms with van der Waals surface area (Å²) in [6, 6.07) is 10.0. The van der Waals surface area contributed by atoms with Gasteiger partial charge in [-0.25, -0.2) is 14.6 Å². The second-order valence-electron chi connectivity index (χ2n) is 9.49. The molecule has 32 heavy (non-hydrogen) atoms. The van der Waals surface area contributed by atoms with Crippen LogP contribution in [0.2, 0.25) is 0 Å². The van der Waals surface area contributed by atoms with Crippen molar-refractivity contribution < 1.29 is 4.79 Å². The van der Waals surface area contributed by atoms with Gasteiger partial charge in [0.25, 0.3) is 0 Å². The van der Waals surface area contributed by atoms with Gasteiger partial charge in [-0.3, -0.25) is 4.79 Å². The largest absolute Gasteiger partial charge is 0.352 e. The second kappa shape index (κ2) is 9.06. The molecule has 0 spiro atoms. The minimum Gasteiger partial charge on any atom is -0.352 e. The third kappa shape index (κ3) is 4.44. The number of hydrogen-bond acceptors (Lipinski definition) is 5. The predicted octanol–water partition coefficient (Wildman–Crippen LogP) is 3.93. The Morgan fingerprint density at radius 3 is 2.41 bits per heavy atom. The number of nitrogens with zero attached hydrogens (tertiary/aromatic N) is 6. The Labute approximate surface area is 194 Å². The first-order valence-corrected chi connectivity index (χ1v) is 11.7. The maximum Gasteiger partial charge on any atom is 0.229 e. The Balaban J connectivity index is 1.67. The van der Waals surface area contributed by atoms with Gasteiger partial charge in [-0.15, -0.1) is 11.6 Å². The summed E-state index contributed by atoms with van der Waals surface area (Å²) in [5.74, 6) is 2.59. The van der Waals surface area contributed by atoms with Crippen LogP contribution >= 0.6 is 11.6 Å². The number of halogens is 1. The average Bonchev–Trinajstić information content (AvgIpc) is 3.22. The van der Waals surface area contributed by atoms with Crippen molar-refractivity contribution in [2.24, 2.45) is 11.3 Å². The number of carbonyl (C=O) groups is 1. The normalized spacial score (nSPS) is 15.1. The van der Waals surface area contributed by atoms with Gasteiger partial charge in [0.05, 0.1) is 22.7 Å². The molecule has 0 bridgehead atoms. The topological polar surface area (TPSA) is 67.2 Å². The summed E-state index contributed by atoms with van der Waals surface area (Å²) in [7, 11) is 0. The van der Waals surface area contributed by atoms with E-state index in [0.717, 1.165) is 34.8 Å². The molecule has 3 aromatic rings. The first kappa shape index (κ1) is 22.5. The Hall–Kier alpha value is -2.67. The van der Waals surface area contributed by atoms with Crippen LogP contribution < -0.4 is 4.90 Å². The fourth-order valence-corrected chi connectivity index (χ4v) is 4.11. The summed E-state index contributed by atoms with van der Waals surface area (Å²) in [6.07, 6.45) is 2.65. The van der Waals surface area contributed by atoms with Gasteiger partial charge < -0.3 is 9.80 Å². The van der Waals surface area contributed by atoms with Crippen LogP contribution in [0.3, 0.4) is 0 Å². The van der Waals surface area contributed by atoms with Crippen molar-refractivity contribution in [3.8, 4) is 5.69 Å². The zero-order valence-electron chi connectivity index (χ0n) is 19.3. The first-order chi connectivity index (χ1) is 15.3. The molecule has 1 fully saturated rings. The number of carbonyl (C=O) groups excluding carboxylic acids is 1. The van der Waals surface area contributed by atoms with Gasteiger partial charge in [0.15, 0.2) is 5.65 Å². The van der Waals surface area contributed by atoms with Crippen molar-refractivity contribution in [2.45, 2.75) is 34.1 Å². The Morgan fingerprint density at radius 2 is 1.78 bits per heavy atom. The number of rotatable bonds is 6. The molecule has 1 amide bonds. The lowest BCUT2D eigenvalue weighted by Crippen LogP contribution is -2.52. The van der Waals surface area contributed by atoms with Crippen molar-refractivity contribution >= 4 is 34.4 Å². The lowest BCUT2D eigenvalue weighted by Gasteiger charge is -2.38. The van der Waals surface area contributed by atoms with Crippen LogP contribution in [0.1, 0.15) is 33.5 Å².